The Morgan fingerprint density at radius 3 is 2.72 bits per heavy atom. The monoisotopic (exact) mass is 311 g/mol. The molecule has 0 aliphatic heterocycles. The highest BCUT2D eigenvalue weighted by Crippen LogP contribution is 2.31. The van der Waals surface area contributed by atoms with Gasteiger partial charge in [0, 0.05) is 16.5 Å². The molecule has 1 fully saturated rings. The highest BCUT2D eigenvalue weighted by molar-refractivity contribution is 9.10. The summed E-state index contributed by atoms with van der Waals surface area (Å²) in [4.78, 5) is 12.3. The summed E-state index contributed by atoms with van der Waals surface area (Å²) in [6.07, 6.45) is 4.07. The van der Waals surface area contributed by atoms with Crippen molar-refractivity contribution in [2.24, 2.45) is 5.73 Å². The quantitative estimate of drug-likeness (QED) is 0.930. The van der Waals surface area contributed by atoms with Crippen LogP contribution in [0, 0.1) is 0 Å². The van der Waals surface area contributed by atoms with Crippen LogP contribution in [0.15, 0.2) is 22.7 Å². The summed E-state index contributed by atoms with van der Waals surface area (Å²) >= 11 is 3.41. The summed E-state index contributed by atoms with van der Waals surface area (Å²) in [5.41, 5.74) is 6.46. The van der Waals surface area contributed by atoms with Gasteiger partial charge >= 0.3 is 0 Å². The zero-order valence-electron chi connectivity index (χ0n) is 10.5. The lowest BCUT2D eigenvalue weighted by molar-refractivity contribution is -0.123. The summed E-state index contributed by atoms with van der Waals surface area (Å²) in [5.74, 6) is 0.865. The highest BCUT2D eigenvalue weighted by atomic mass is 79.9. The molecule has 1 saturated carbocycles. The van der Waals surface area contributed by atoms with Crippen molar-refractivity contribution < 1.29 is 9.53 Å². The lowest BCUT2D eigenvalue weighted by Crippen LogP contribution is -2.46. The van der Waals surface area contributed by atoms with Crippen molar-refractivity contribution in [3.63, 3.8) is 0 Å². The van der Waals surface area contributed by atoms with E-state index in [-0.39, 0.29) is 5.78 Å². The summed E-state index contributed by atoms with van der Waals surface area (Å²) in [5, 5.41) is 0. The Kier molecular flexibility index (Phi) is 4.07. The fraction of sp³-hybridized carbons (Fsp3) is 0.500. The molecule has 1 aromatic rings. The number of methoxy groups -OCH3 is 1. The van der Waals surface area contributed by atoms with Crippen LogP contribution in [-0.4, -0.2) is 18.4 Å². The number of carbonyl (C=O) groups excluding carboxylic acids is 1. The summed E-state index contributed by atoms with van der Waals surface area (Å²) in [7, 11) is 1.62. The molecule has 2 rings (SSSR count). The van der Waals surface area contributed by atoms with Gasteiger partial charge in [-0.2, -0.15) is 0 Å². The van der Waals surface area contributed by atoms with E-state index in [0.717, 1.165) is 41.5 Å². The summed E-state index contributed by atoms with van der Waals surface area (Å²) < 4.78 is 6.23. The van der Waals surface area contributed by atoms with Gasteiger partial charge in [0.2, 0.25) is 0 Å². The van der Waals surface area contributed by atoms with E-state index in [2.05, 4.69) is 15.9 Å². The number of halogens is 1. The predicted octanol–water partition coefficient (Wildman–Crippen LogP) is 2.84. The number of benzene rings is 1. The summed E-state index contributed by atoms with van der Waals surface area (Å²) in [6, 6.07) is 5.69. The van der Waals surface area contributed by atoms with Crippen LogP contribution in [0.2, 0.25) is 0 Å². The maximum atomic E-state index is 12.3. The number of carbonyl (C=O) groups is 1. The van der Waals surface area contributed by atoms with Gasteiger partial charge in [-0.15, -0.1) is 0 Å². The smallest absolute Gasteiger partial charge is 0.157 e. The topological polar surface area (TPSA) is 52.3 Å². The molecule has 0 heterocycles. The van der Waals surface area contributed by atoms with Crippen LogP contribution in [-0.2, 0) is 11.2 Å². The van der Waals surface area contributed by atoms with Gasteiger partial charge in [-0.25, -0.2) is 0 Å². The van der Waals surface area contributed by atoms with Crippen molar-refractivity contribution in [1.82, 2.24) is 0 Å². The molecule has 18 heavy (non-hydrogen) atoms. The minimum Gasteiger partial charge on any atom is -0.496 e. The largest absolute Gasteiger partial charge is 0.496 e. The first kappa shape index (κ1) is 13.6. The third-order valence-corrected chi connectivity index (χ3v) is 4.14. The molecular formula is C14H18BrNO2. The molecule has 98 valence electrons. The van der Waals surface area contributed by atoms with Crippen LogP contribution in [0.4, 0.5) is 0 Å². The molecule has 1 aliphatic rings. The lowest BCUT2D eigenvalue weighted by Gasteiger charge is -2.22. The van der Waals surface area contributed by atoms with E-state index in [4.69, 9.17) is 10.5 Å². The molecule has 1 aliphatic carbocycles. The second-order valence-electron chi connectivity index (χ2n) is 4.92. The van der Waals surface area contributed by atoms with Gasteiger partial charge in [-0.1, -0.05) is 28.8 Å². The first-order valence-corrected chi connectivity index (χ1v) is 6.99. The minimum atomic E-state index is -0.618. The molecule has 1 aromatic carbocycles. The Morgan fingerprint density at radius 1 is 1.44 bits per heavy atom. The first-order valence-electron chi connectivity index (χ1n) is 6.20. The Hall–Kier alpha value is -0.870. The van der Waals surface area contributed by atoms with E-state index in [0.29, 0.717) is 6.42 Å². The van der Waals surface area contributed by atoms with Gasteiger partial charge in [0.1, 0.15) is 5.75 Å². The van der Waals surface area contributed by atoms with Gasteiger partial charge in [0.15, 0.2) is 5.78 Å². The third-order valence-electron chi connectivity index (χ3n) is 3.64. The average molecular weight is 312 g/mol. The standard InChI is InChI=1S/C14H18BrNO2/c1-18-12-5-4-11(15)8-10(12)9-13(17)14(16)6-2-3-7-14/h4-5,8H,2-3,6-7,9,16H2,1H3. The number of nitrogens with two attached hydrogens (primary N) is 1. The van der Waals surface area contributed by atoms with Gasteiger partial charge < -0.3 is 10.5 Å². The molecule has 0 saturated heterocycles. The van der Waals surface area contributed by atoms with Crippen LogP contribution >= 0.6 is 15.9 Å². The maximum Gasteiger partial charge on any atom is 0.157 e. The van der Waals surface area contributed by atoms with Crippen LogP contribution < -0.4 is 10.5 Å². The molecule has 3 nitrogen and oxygen atoms in total. The molecule has 0 radical (unpaired) electrons. The predicted molar refractivity (Wildman–Crippen MR) is 74.8 cm³/mol. The molecule has 0 aromatic heterocycles. The van der Waals surface area contributed by atoms with Crippen molar-refractivity contribution >= 4 is 21.7 Å². The maximum absolute atomic E-state index is 12.3. The second kappa shape index (κ2) is 5.41. The zero-order chi connectivity index (χ0) is 13.2. The third kappa shape index (κ3) is 2.75. The molecular weight excluding hydrogens is 294 g/mol. The fourth-order valence-corrected chi connectivity index (χ4v) is 2.93. The number of ketones is 1. The van der Waals surface area contributed by atoms with Crippen molar-refractivity contribution in [2.45, 2.75) is 37.6 Å². The fourth-order valence-electron chi connectivity index (χ4n) is 2.52. The Bertz CT molecular complexity index is 453. The average Bonchev–Trinajstić information content (AvgIpc) is 2.78. The highest BCUT2D eigenvalue weighted by Gasteiger charge is 2.36. The molecule has 4 heteroatoms. The van der Waals surface area contributed by atoms with Gasteiger partial charge in [0.25, 0.3) is 0 Å². The summed E-state index contributed by atoms with van der Waals surface area (Å²) in [6.45, 7) is 0. The van der Waals surface area contributed by atoms with Crippen molar-refractivity contribution in [3.8, 4) is 5.75 Å². The van der Waals surface area contributed by atoms with Crippen LogP contribution in [0.1, 0.15) is 31.2 Å². The van der Waals surface area contributed by atoms with Crippen LogP contribution in [0.3, 0.4) is 0 Å². The van der Waals surface area contributed by atoms with E-state index in [1.807, 2.05) is 18.2 Å². The Morgan fingerprint density at radius 2 is 2.11 bits per heavy atom. The van der Waals surface area contributed by atoms with E-state index < -0.39 is 5.54 Å². The zero-order valence-corrected chi connectivity index (χ0v) is 12.1. The van der Waals surface area contributed by atoms with Gasteiger partial charge in [-0.3, -0.25) is 4.79 Å². The number of Topliss-reactive ketones (excluding diaryl/α,β-unsaturated/α-hetero) is 1. The van der Waals surface area contributed by atoms with Crippen molar-refractivity contribution in [2.75, 3.05) is 7.11 Å². The molecule has 0 unspecified atom stereocenters. The van der Waals surface area contributed by atoms with E-state index in [1.54, 1.807) is 7.11 Å². The normalized spacial score (nSPS) is 17.7. The molecule has 0 atom stereocenters. The van der Waals surface area contributed by atoms with Gasteiger partial charge in [0.05, 0.1) is 12.6 Å². The van der Waals surface area contributed by atoms with E-state index >= 15 is 0 Å². The molecule has 0 bridgehead atoms. The van der Waals surface area contributed by atoms with E-state index in [9.17, 15) is 4.79 Å². The Balaban J connectivity index is 2.18. The SMILES string of the molecule is COc1ccc(Br)cc1CC(=O)C1(N)CCCC1. The van der Waals surface area contributed by atoms with Crippen molar-refractivity contribution in [3.05, 3.63) is 28.2 Å². The van der Waals surface area contributed by atoms with Crippen LogP contribution in [0.25, 0.3) is 0 Å². The van der Waals surface area contributed by atoms with Crippen molar-refractivity contribution in [1.29, 1.82) is 0 Å². The van der Waals surface area contributed by atoms with Crippen LogP contribution in [0.5, 0.6) is 5.75 Å². The molecule has 0 amide bonds. The minimum absolute atomic E-state index is 0.122. The van der Waals surface area contributed by atoms with E-state index in [1.165, 1.54) is 0 Å². The molecule has 0 spiro atoms. The second-order valence-corrected chi connectivity index (χ2v) is 5.84. The first-order chi connectivity index (χ1) is 8.55. The number of hydrogen-bond acceptors (Lipinski definition) is 3. The molecule has 2 N–H and O–H groups in total. The number of hydrogen-bond donors (Lipinski definition) is 1. The lowest BCUT2D eigenvalue weighted by atomic mass is 9.89. The number of rotatable bonds is 4. The number of ether oxygens (including phenoxy) is 1. The van der Waals surface area contributed by atoms with Gasteiger partial charge in [-0.05, 0) is 31.0 Å². The Labute approximate surface area is 116 Å².